The molecule has 2 aromatic carbocycles. The topological polar surface area (TPSA) is 55.4 Å². The molecule has 1 N–H and O–H groups in total. The van der Waals surface area contributed by atoms with Crippen molar-refractivity contribution in [3.8, 4) is 0 Å². The molecule has 4 nitrogen and oxygen atoms in total. The number of nitrogens with one attached hydrogen (secondary N) is 1. The molecule has 0 aliphatic heterocycles. The zero-order valence-corrected chi connectivity index (χ0v) is 13.6. The molecule has 0 saturated heterocycles. The third-order valence-corrected chi connectivity index (χ3v) is 3.84. The van der Waals surface area contributed by atoms with Gasteiger partial charge in [-0.1, -0.05) is 36.4 Å². The Morgan fingerprint density at radius 2 is 1.74 bits per heavy atom. The summed E-state index contributed by atoms with van der Waals surface area (Å²) in [6.45, 7) is 3.94. The van der Waals surface area contributed by atoms with Crippen LogP contribution in [0.5, 0.6) is 0 Å². The first-order valence-corrected chi connectivity index (χ1v) is 7.51. The van der Waals surface area contributed by atoms with Crippen LogP contribution in [0.2, 0.25) is 0 Å². The molecule has 2 rings (SSSR count). The summed E-state index contributed by atoms with van der Waals surface area (Å²) in [5.41, 5.74) is 3.66. The summed E-state index contributed by atoms with van der Waals surface area (Å²) in [5, 5.41) is 2.77. The number of esters is 1. The van der Waals surface area contributed by atoms with Crippen molar-refractivity contribution in [2.75, 3.05) is 7.11 Å². The van der Waals surface area contributed by atoms with E-state index in [4.69, 9.17) is 4.74 Å². The Morgan fingerprint density at radius 1 is 1.04 bits per heavy atom. The fraction of sp³-hybridized carbons (Fsp3) is 0.263. The standard InChI is InChI=1S/C19H21NO3/c1-13-9-10-16(11-14(13)2)18(21)20-17(19(22)23-3)12-15-7-5-4-6-8-15/h4-11,17H,12H2,1-3H3,(H,20,21)/t17-/m0/s1. The van der Waals surface area contributed by atoms with Crippen LogP contribution in [0.3, 0.4) is 0 Å². The lowest BCUT2D eigenvalue weighted by Gasteiger charge is -2.17. The van der Waals surface area contributed by atoms with Gasteiger partial charge in [-0.2, -0.15) is 0 Å². The van der Waals surface area contributed by atoms with Gasteiger partial charge in [0.1, 0.15) is 6.04 Å². The second-order valence-corrected chi connectivity index (χ2v) is 5.54. The molecule has 0 fully saturated rings. The molecule has 0 saturated carbocycles. The van der Waals surface area contributed by atoms with E-state index in [0.29, 0.717) is 12.0 Å². The number of amides is 1. The highest BCUT2D eigenvalue weighted by atomic mass is 16.5. The zero-order valence-electron chi connectivity index (χ0n) is 13.6. The van der Waals surface area contributed by atoms with Crippen molar-refractivity contribution < 1.29 is 14.3 Å². The second kappa shape index (κ2) is 7.58. The molecule has 0 spiro atoms. The molecule has 23 heavy (non-hydrogen) atoms. The Labute approximate surface area is 136 Å². The number of carbonyl (C=O) groups is 2. The number of benzene rings is 2. The highest BCUT2D eigenvalue weighted by Crippen LogP contribution is 2.11. The maximum atomic E-state index is 12.4. The van der Waals surface area contributed by atoms with Crippen LogP contribution in [0.1, 0.15) is 27.0 Å². The van der Waals surface area contributed by atoms with Crippen LogP contribution in [0.4, 0.5) is 0 Å². The van der Waals surface area contributed by atoms with Gasteiger partial charge < -0.3 is 10.1 Å². The molecule has 0 bridgehead atoms. The zero-order chi connectivity index (χ0) is 16.8. The summed E-state index contributed by atoms with van der Waals surface area (Å²) in [4.78, 5) is 24.4. The van der Waals surface area contributed by atoms with Crippen LogP contribution in [0, 0.1) is 13.8 Å². The van der Waals surface area contributed by atoms with Crippen molar-refractivity contribution in [1.29, 1.82) is 0 Å². The molecule has 4 heteroatoms. The SMILES string of the molecule is COC(=O)[C@H](Cc1ccccc1)NC(=O)c1ccc(C)c(C)c1. The average molecular weight is 311 g/mol. The molecule has 0 aromatic heterocycles. The minimum absolute atomic E-state index is 0.278. The molecule has 1 atom stereocenters. The maximum Gasteiger partial charge on any atom is 0.328 e. The Hall–Kier alpha value is -2.62. The summed E-state index contributed by atoms with van der Waals surface area (Å²) >= 11 is 0. The molecule has 0 aliphatic rings. The number of rotatable bonds is 5. The van der Waals surface area contributed by atoms with Gasteiger partial charge in [0.05, 0.1) is 7.11 Å². The Kier molecular flexibility index (Phi) is 5.52. The predicted octanol–water partition coefficient (Wildman–Crippen LogP) is 2.82. The lowest BCUT2D eigenvalue weighted by Crippen LogP contribution is -2.43. The quantitative estimate of drug-likeness (QED) is 0.864. The molecule has 0 aliphatic carbocycles. The van der Waals surface area contributed by atoms with E-state index in [1.807, 2.05) is 56.3 Å². The van der Waals surface area contributed by atoms with Crippen molar-refractivity contribution in [3.63, 3.8) is 0 Å². The smallest absolute Gasteiger partial charge is 0.328 e. The van der Waals surface area contributed by atoms with Gasteiger partial charge in [0.2, 0.25) is 0 Å². The number of methoxy groups -OCH3 is 1. The van der Waals surface area contributed by atoms with E-state index < -0.39 is 12.0 Å². The van der Waals surface area contributed by atoms with E-state index in [0.717, 1.165) is 16.7 Å². The van der Waals surface area contributed by atoms with E-state index in [-0.39, 0.29) is 5.91 Å². The van der Waals surface area contributed by atoms with Crippen LogP contribution in [-0.4, -0.2) is 25.0 Å². The van der Waals surface area contributed by atoms with E-state index in [1.165, 1.54) is 7.11 Å². The van der Waals surface area contributed by atoms with Gasteiger partial charge in [-0.15, -0.1) is 0 Å². The van der Waals surface area contributed by atoms with Gasteiger partial charge >= 0.3 is 5.97 Å². The van der Waals surface area contributed by atoms with Crippen molar-refractivity contribution in [1.82, 2.24) is 5.32 Å². The third kappa shape index (κ3) is 4.42. The van der Waals surface area contributed by atoms with Crippen molar-refractivity contribution in [2.24, 2.45) is 0 Å². The second-order valence-electron chi connectivity index (χ2n) is 5.54. The average Bonchev–Trinajstić information content (AvgIpc) is 2.56. The van der Waals surface area contributed by atoms with Crippen LogP contribution in [0.25, 0.3) is 0 Å². The molecule has 2 aromatic rings. The fourth-order valence-corrected chi connectivity index (χ4v) is 2.31. The molecule has 0 heterocycles. The third-order valence-electron chi connectivity index (χ3n) is 3.84. The Morgan fingerprint density at radius 3 is 2.35 bits per heavy atom. The first-order chi connectivity index (χ1) is 11.0. The number of hydrogen-bond donors (Lipinski definition) is 1. The summed E-state index contributed by atoms with van der Waals surface area (Å²) < 4.78 is 4.81. The largest absolute Gasteiger partial charge is 0.467 e. The van der Waals surface area contributed by atoms with E-state index in [9.17, 15) is 9.59 Å². The molecule has 120 valence electrons. The molecule has 1 amide bonds. The van der Waals surface area contributed by atoms with Gasteiger partial charge in [-0.05, 0) is 42.7 Å². The molecular weight excluding hydrogens is 290 g/mol. The lowest BCUT2D eigenvalue weighted by atomic mass is 10.0. The number of aryl methyl sites for hydroxylation is 2. The van der Waals surface area contributed by atoms with Crippen LogP contribution >= 0.6 is 0 Å². The molecule has 0 radical (unpaired) electrons. The normalized spacial score (nSPS) is 11.6. The number of carbonyl (C=O) groups excluding carboxylic acids is 2. The first-order valence-electron chi connectivity index (χ1n) is 7.51. The van der Waals surface area contributed by atoms with Gasteiger partial charge in [-0.25, -0.2) is 4.79 Å². The van der Waals surface area contributed by atoms with E-state index >= 15 is 0 Å². The van der Waals surface area contributed by atoms with Gasteiger partial charge in [0, 0.05) is 12.0 Å². The van der Waals surface area contributed by atoms with Crippen LogP contribution < -0.4 is 5.32 Å². The van der Waals surface area contributed by atoms with Crippen LogP contribution in [0.15, 0.2) is 48.5 Å². The van der Waals surface area contributed by atoms with Crippen molar-refractivity contribution >= 4 is 11.9 Å². The van der Waals surface area contributed by atoms with Crippen molar-refractivity contribution in [3.05, 3.63) is 70.8 Å². The van der Waals surface area contributed by atoms with E-state index in [2.05, 4.69) is 5.32 Å². The van der Waals surface area contributed by atoms with Crippen LogP contribution in [-0.2, 0) is 16.0 Å². The summed E-state index contributed by atoms with van der Waals surface area (Å²) in [5.74, 6) is -0.731. The monoisotopic (exact) mass is 311 g/mol. The Balaban J connectivity index is 2.15. The summed E-state index contributed by atoms with van der Waals surface area (Å²) in [6, 6.07) is 14.3. The highest BCUT2D eigenvalue weighted by molar-refractivity contribution is 5.97. The number of hydrogen-bond acceptors (Lipinski definition) is 3. The van der Waals surface area contributed by atoms with Gasteiger partial charge in [0.15, 0.2) is 0 Å². The minimum atomic E-state index is -0.712. The summed E-state index contributed by atoms with van der Waals surface area (Å²) in [7, 11) is 1.32. The minimum Gasteiger partial charge on any atom is -0.467 e. The fourth-order valence-electron chi connectivity index (χ4n) is 2.31. The predicted molar refractivity (Wildman–Crippen MR) is 89.3 cm³/mol. The first kappa shape index (κ1) is 16.7. The van der Waals surface area contributed by atoms with E-state index in [1.54, 1.807) is 6.07 Å². The number of ether oxygens (including phenoxy) is 1. The highest BCUT2D eigenvalue weighted by Gasteiger charge is 2.22. The van der Waals surface area contributed by atoms with Crippen molar-refractivity contribution in [2.45, 2.75) is 26.3 Å². The lowest BCUT2D eigenvalue weighted by molar-refractivity contribution is -0.142. The summed E-state index contributed by atoms with van der Waals surface area (Å²) in [6.07, 6.45) is 0.393. The maximum absolute atomic E-state index is 12.4. The van der Waals surface area contributed by atoms with Gasteiger partial charge in [-0.3, -0.25) is 4.79 Å². The molecular formula is C19H21NO3. The Bertz CT molecular complexity index is 695. The molecule has 0 unspecified atom stereocenters. The van der Waals surface area contributed by atoms with Gasteiger partial charge in [0.25, 0.3) is 5.91 Å².